The number of benzene rings is 1. The molecule has 0 radical (unpaired) electrons. The van der Waals surface area contributed by atoms with Crippen LogP contribution < -0.4 is 0 Å². The van der Waals surface area contributed by atoms with Crippen molar-refractivity contribution in [3.05, 3.63) is 27.1 Å². The molecule has 0 bridgehead atoms. The van der Waals surface area contributed by atoms with Crippen molar-refractivity contribution < 1.29 is 17.9 Å². The van der Waals surface area contributed by atoms with E-state index in [4.69, 9.17) is 9.47 Å². The highest BCUT2D eigenvalue weighted by Gasteiger charge is 2.64. The molecule has 1 saturated carbocycles. The summed E-state index contributed by atoms with van der Waals surface area (Å²) in [4.78, 5) is 0.0826. The van der Waals surface area contributed by atoms with Crippen LogP contribution in [-0.4, -0.2) is 33.2 Å². The zero-order valence-corrected chi connectivity index (χ0v) is 15.4. The summed E-state index contributed by atoms with van der Waals surface area (Å²) in [7, 11) is -0.982. The Morgan fingerprint density at radius 3 is 2.29 bits per heavy atom. The van der Waals surface area contributed by atoms with Crippen LogP contribution in [0.4, 0.5) is 0 Å². The Bertz CT molecular complexity index is 699. The molecule has 21 heavy (non-hydrogen) atoms. The van der Waals surface area contributed by atoms with E-state index in [1.165, 1.54) is 20.3 Å². The molecule has 2 rings (SSSR count). The standard InChI is InChI=1S/C13H13Br2NO4S/c1-19-13(20-2)6-12(7-13,8-16)21(17,18)11-5-9(14)3-4-10(11)15/h3-5H,6-7H2,1-2H3. The van der Waals surface area contributed by atoms with Gasteiger partial charge in [0.05, 0.1) is 11.0 Å². The van der Waals surface area contributed by atoms with Crippen LogP contribution in [-0.2, 0) is 19.3 Å². The molecule has 114 valence electrons. The number of ether oxygens (including phenoxy) is 2. The molecule has 1 aliphatic carbocycles. The van der Waals surface area contributed by atoms with E-state index in [1.807, 2.05) is 6.07 Å². The Labute approximate surface area is 140 Å². The van der Waals surface area contributed by atoms with E-state index in [9.17, 15) is 13.7 Å². The van der Waals surface area contributed by atoms with E-state index in [2.05, 4.69) is 31.9 Å². The van der Waals surface area contributed by atoms with Gasteiger partial charge in [-0.15, -0.1) is 0 Å². The van der Waals surface area contributed by atoms with Gasteiger partial charge in [-0.2, -0.15) is 5.26 Å². The van der Waals surface area contributed by atoms with Gasteiger partial charge in [0.15, 0.2) is 20.4 Å². The van der Waals surface area contributed by atoms with E-state index in [0.717, 1.165) is 0 Å². The topological polar surface area (TPSA) is 76.4 Å². The Morgan fingerprint density at radius 2 is 1.81 bits per heavy atom. The first kappa shape index (κ1) is 16.9. The molecule has 0 atom stereocenters. The summed E-state index contributed by atoms with van der Waals surface area (Å²) in [6.07, 6.45) is -0.0461. The summed E-state index contributed by atoms with van der Waals surface area (Å²) in [5, 5.41) is 9.45. The van der Waals surface area contributed by atoms with Crippen molar-refractivity contribution in [2.45, 2.75) is 28.3 Å². The summed E-state index contributed by atoms with van der Waals surface area (Å²) in [6.45, 7) is 0. The second kappa shape index (κ2) is 5.63. The summed E-state index contributed by atoms with van der Waals surface area (Å²) < 4.78 is 35.7. The zero-order valence-electron chi connectivity index (χ0n) is 11.4. The lowest BCUT2D eigenvalue weighted by Gasteiger charge is -2.49. The molecule has 0 amide bonds. The molecule has 0 saturated heterocycles. The average molecular weight is 439 g/mol. The minimum Gasteiger partial charge on any atom is -0.353 e. The van der Waals surface area contributed by atoms with Crippen LogP contribution in [0.5, 0.6) is 0 Å². The molecule has 0 aromatic heterocycles. The first-order valence-corrected chi connectivity index (χ1v) is 9.04. The maximum absolute atomic E-state index is 12.9. The van der Waals surface area contributed by atoms with Crippen molar-refractivity contribution in [1.82, 2.24) is 0 Å². The molecule has 0 N–H and O–H groups in total. The fraction of sp³-hybridized carbons (Fsp3) is 0.462. The molecule has 0 spiro atoms. The van der Waals surface area contributed by atoms with Crippen molar-refractivity contribution in [2.24, 2.45) is 0 Å². The summed E-state index contributed by atoms with van der Waals surface area (Å²) in [6, 6.07) is 6.77. The van der Waals surface area contributed by atoms with Gasteiger partial charge in [0.1, 0.15) is 0 Å². The predicted octanol–water partition coefficient (Wildman–Crippen LogP) is 3.03. The molecule has 0 unspecified atom stereocenters. The van der Waals surface area contributed by atoms with Crippen molar-refractivity contribution in [3.8, 4) is 6.07 Å². The number of halogens is 2. The highest BCUT2D eigenvalue weighted by Crippen LogP contribution is 2.51. The van der Waals surface area contributed by atoms with Crippen LogP contribution >= 0.6 is 31.9 Å². The Balaban J connectivity index is 2.49. The van der Waals surface area contributed by atoms with E-state index < -0.39 is 20.4 Å². The fourth-order valence-electron chi connectivity index (χ4n) is 2.41. The van der Waals surface area contributed by atoms with Gasteiger partial charge in [-0.3, -0.25) is 0 Å². The predicted molar refractivity (Wildman–Crippen MR) is 83.4 cm³/mol. The lowest BCUT2D eigenvalue weighted by atomic mass is 9.78. The Morgan fingerprint density at radius 1 is 1.24 bits per heavy atom. The lowest BCUT2D eigenvalue weighted by molar-refractivity contribution is -0.256. The highest BCUT2D eigenvalue weighted by atomic mass is 79.9. The van der Waals surface area contributed by atoms with E-state index >= 15 is 0 Å². The summed E-state index contributed by atoms with van der Waals surface area (Å²) in [5.41, 5.74) is 0. The van der Waals surface area contributed by atoms with Gasteiger partial charge in [0, 0.05) is 36.0 Å². The van der Waals surface area contributed by atoms with Gasteiger partial charge in [-0.05, 0) is 34.1 Å². The highest BCUT2D eigenvalue weighted by molar-refractivity contribution is 9.11. The summed E-state index contributed by atoms with van der Waals surface area (Å²) in [5.74, 6) is -1.01. The quantitative estimate of drug-likeness (QED) is 0.675. The maximum atomic E-state index is 12.9. The van der Waals surface area contributed by atoms with Crippen LogP contribution in [0.25, 0.3) is 0 Å². The van der Waals surface area contributed by atoms with Gasteiger partial charge in [0.25, 0.3) is 0 Å². The van der Waals surface area contributed by atoms with Gasteiger partial charge < -0.3 is 9.47 Å². The van der Waals surface area contributed by atoms with Crippen LogP contribution in [0.15, 0.2) is 32.0 Å². The molecular formula is C13H13Br2NO4S. The molecule has 0 heterocycles. The molecule has 1 aliphatic rings. The van der Waals surface area contributed by atoms with Crippen molar-refractivity contribution in [3.63, 3.8) is 0 Å². The van der Waals surface area contributed by atoms with Crippen molar-refractivity contribution in [2.75, 3.05) is 14.2 Å². The molecular weight excluding hydrogens is 426 g/mol. The average Bonchev–Trinajstić information content (AvgIpc) is 2.42. The second-order valence-electron chi connectivity index (χ2n) is 4.86. The van der Waals surface area contributed by atoms with Gasteiger partial charge in [0.2, 0.25) is 0 Å². The van der Waals surface area contributed by atoms with Gasteiger partial charge >= 0.3 is 0 Å². The van der Waals surface area contributed by atoms with Gasteiger partial charge in [-0.1, -0.05) is 15.9 Å². The molecule has 1 aromatic rings. The summed E-state index contributed by atoms with van der Waals surface area (Å²) >= 11 is 6.48. The molecule has 1 aromatic carbocycles. The first-order chi connectivity index (χ1) is 9.76. The largest absolute Gasteiger partial charge is 0.353 e. The zero-order chi connectivity index (χ0) is 15.9. The minimum absolute atomic E-state index is 0.0230. The van der Waals surface area contributed by atoms with Crippen molar-refractivity contribution in [1.29, 1.82) is 5.26 Å². The number of methoxy groups -OCH3 is 2. The third kappa shape index (κ3) is 2.55. The number of sulfone groups is 1. The normalized spacial score (nSPS) is 19.6. The van der Waals surface area contributed by atoms with E-state index in [-0.39, 0.29) is 17.7 Å². The molecule has 1 fully saturated rings. The fourth-order valence-corrected chi connectivity index (χ4v) is 5.78. The van der Waals surface area contributed by atoms with E-state index in [0.29, 0.717) is 8.95 Å². The van der Waals surface area contributed by atoms with Gasteiger partial charge in [-0.25, -0.2) is 8.42 Å². The molecule has 5 nitrogen and oxygen atoms in total. The van der Waals surface area contributed by atoms with Crippen molar-refractivity contribution >= 4 is 41.7 Å². The number of nitrogens with zero attached hydrogens (tertiary/aromatic N) is 1. The smallest absolute Gasteiger partial charge is 0.199 e. The second-order valence-corrected chi connectivity index (χ2v) is 8.85. The SMILES string of the molecule is COC1(OC)CC(C#N)(S(=O)(=O)c2cc(Br)ccc2Br)C1. The first-order valence-electron chi connectivity index (χ1n) is 5.97. The third-order valence-electron chi connectivity index (χ3n) is 3.75. The third-order valence-corrected chi connectivity index (χ3v) is 7.53. The molecule has 8 heteroatoms. The number of hydrogen-bond acceptors (Lipinski definition) is 5. The van der Waals surface area contributed by atoms with E-state index in [1.54, 1.807) is 12.1 Å². The Kier molecular flexibility index (Phi) is 4.53. The number of hydrogen-bond donors (Lipinski definition) is 0. The number of rotatable bonds is 4. The lowest BCUT2D eigenvalue weighted by Crippen LogP contribution is -2.61. The Hall–Kier alpha value is -0.460. The molecule has 0 aliphatic heterocycles. The van der Waals surface area contributed by atoms with Crippen LogP contribution in [0.2, 0.25) is 0 Å². The van der Waals surface area contributed by atoms with Crippen LogP contribution in [0, 0.1) is 11.3 Å². The van der Waals surface area contributed by atoms with Crippen LogP contribution in [0.1, 0.15) is 12.8 Å². The monoisotopic (exact) mass is 437 g/mol. The maximum Gasteiger partial charge on any atom is 0.199 e. The van der Waals surface area contributed by atoms with Crippen LogP contribution in [0.3, 0.4) is 0 Å². The minimum atomic E-state index is -3.86. The number of nitriles is 1.